The monoisotopic (exact) mass is 134 g/mol. The van der Waals surface area contributed by atoms with Crippen LogP contribution in [0.3, 0.4) is 0 Å². The summed E-state index contributed by atoms with van der Waals surface area (Å²) < 4.78 is 7.38. The van der Waals surface area contributed by atoms with Gasteiger partial charge in [-0.3, -0.25) is 4.98 Å². The van der Waals surface area contributed by atoms with Crippen LogP contribution in [-0.2, 0) is 0 Å². The second-order valence-corrected chi connectivity index (χ2v) is 2.11. The first-order chi connectivity index (χ1) is 5.22. The molecule has 0 radical (unpaired) electrons. The zero-order chi connectivity index (χ0) is 8.27. The number of nitrogens with zero attached hydrogens (tertiary/aromatic N) is 1. The molecule has 0 aliphatic carbocycles. The van der Waals surface area contributed by atoms with E-state index in [9.17, 15) is 0 Å². The van der Waals surface area contributed by atoms with Crippen molar-refractivity contribution in [2.45, 2.75) is 13.8 Å². The second-order valence-electron chi connectivity index (χ2n) is 2.11. The zero-order valence-corrected chi connectivity index (χ0v) is 6.26. The minimum absolute atomic E-state index is 0.608. The van der Waals surface area contributed by atoms with Crippen molar-refractivity contribution in [3.63, 3.8) is 0 Å². The first-order valence-corrected chi connectivity index (χ1v) is 3.26. The van der Waals surface area contributed by atoms with Gasteiger partial charge in [-0.05, 0) is 37.1 Å². The molecule has 1 heterocycles. The van der Waals surface area contributed by atoms with Gasteiger partial charge in [-0.2, -0.15) is 0 Å². The Labute approximate surface area is 62.8 Å². The van der Waals surface area contributed by atoms with Crippen molar-refractivity contribution in [2.75, 3.05) is 0 Å². The lowest BCUT2D eigenvalue weighted by atomic mass is 10.1. The average molecular weight is 134 g/mol. The number of hydrogen-bond donors (Lipinski definition) is 0. The Balaban J connectivity index is 3.04. The molecule has 0 aliphatic heterocycles. The highest BCUT2D eigenvalue weighted by molar-refractivity contribution is 5.62. The van der Waals surface area contributed by atoms with Gasteiger partial charge in [0.05, 0.1) is 1.37 Å². The topological polar surface area (TPSA) is 12.9 Å². The van der Waals surface area contributed by atoms with Crippen LogP contribution < -0.4 is 0 Å². The Morgan fingerprint density at radius 3 is 2.70 bits per heavy atom. The quantitative estimate of drug-likeness (QED) is 0.575. The van der Waals surface area contributed by atoms with Gasteiger partial charge in [-0.1, -0.05) is 6.05 Å². The number of rotatable bonds is 1. The number of aromatic nitrogens is 1. The molecule has 52 valence electrons. The summed E-state index contributed by atoms with van der Waals surface area (Å²) in [5, 5.41) is 0. The maximum Gasteiger partial charge on any atom is 0.0576 e. The van der Waals surface area contributed by atoms with E-state index >= 15 is 0 Å². The summed E-state index contributed by atoms with van der Waals surface area (Å²) in [5.74, 6) is 0. The summed E-state index contributed by atoms with van der Waals surface area (Å²) in [5.41, 5.74) is 2.08. The van der Waals surface area contributed by atoms with Gasteiger partial charge in [0.25, 0.3) is 0 Å². The molecule has 0 aromatic carbocycles. The predicted octanol–water partition coefficient (Wildman–Crippen LogP) is 2.50. The SMILES string of the molecule is [2H]C(C)=C(C)c1ccncc1. The van der Waals surface area contributed by atoms with Crippen molar-refractivity contribution in [1.82, 2.24) is 4.98 Å². The summed E-state index contributed by atoms with van der Waals surface area (Å²) in [6.07, 6.45) is 3.48. The van der Waals surface area contributed by atoms with Crippen LogP contribution in [0.5, 0.6) is 0 Å². The van der Waals surface area contributed by atoms with Crippen molar-refractivity contribution >= 4 is 5.57 Å². The normalized spacial score (nSPS) is 14.0. The molecule has 0 saturated heterocycles. The Bertz CT molecular complexity index is 260. The fourth-order valence-electron chi connectivity index (χ4n) is 0.746. The van der Waals surface area contributed by atoms with E-state index in [-0.39, 0.29) is 0 Å². The highest BCUT2D eigenvalue weighted by atomic mass is 14.6. The molecule has 0 amide bonds. The van der Waals surface area contributed by atoms with Crippen molar-refractivity contribution in [1.29, 1.82) is 0 Å². The summed E-state index contributed by atoms with van der Waals surface area (Å²) in [7, 11) is 0. The molecule has 1 heteroatoms. The minimum Gasteiger partial charge on any atom is -0.265 e. The van der Waals surface area contributed by atoms with Gasteiger partial charge in [0.1, 0.15) is 0 Å². The highest BCUT2D eigenvalue weighted by Crippen LogP contribution is 2.10. The van der Waals surface area contributed by atoms with Crippen molar-refractivity contribution in [3.8, 4) is 0 Å². The van der Waals surface area contributed by atoms with Crippen molar-refractivity contribution < 1.29 is 1.37 Å². The molecule has 1 aromatic rings. The molecule has 0 unspecified atom stereocenters. The molecule has 0 aliphatic rings. The van der Waals surface area contributed by atoms with Crippen LogP contribution in [0.1, 0.15) is 20.8 Å². The first-order valence-electron chi connectivity index (χ1n) is 3.76. The molecule has 0 fully saturated rings. The zero-order valence-electron chi connectivity index (χ0n) is 7.26. The molecular weight excluding hydrogens is 122 g/mol. The van der Waals surface area contributed by atoms with Crippen LogP contribution in [0.4, 0.5) is 0 Å². The van der Waals surface area contributed by atoms with E-state index in [2.05, 4.69) is 4.98 Å². The predicted molar refractivity (Wildman–Crippen MR) is 43.6 cm³/mol. The second kappa shape index (κ2) is 3.16. The molecule has 1 rings (SSSR count). The van der Waals surface area contributed by atoms with Crippen LogP contribution in [0.2, 0.25) is 0 Å². The Kier molecular flexibility index (Phi) is 1.79. The molecule has 0 saturated carbocycles. The molecule has 0 atom stereocenters. The smallest absolute Gasteiger partial charge is 0.0576 e. The maximum atomic E-state index is 7.38. The molecule has 1 aromatic heterocycles. The van der Waals surface area contributed by atoms with Gasteiger partial charge in [-0.15, -0.1) is 0 Å². The highest BCUT2D eigenvalue weighted by Gasteiger charge is 1.89. The lowest BCUT2D eigenvalue weighted by Crippen LogP contribution is -1.77. The first kappa shape index (κ1) is 5.66. The summed E-state index contributed by atoms with van der Waals surface area (Å²) >= 11 is 0. The average Bonchev–Trinajstić information content (AvgIpc) is 2.05. The van der Waals surface area contributed by atoms with E-state index < -0.39 is 0 Å². The molecule has 1 nitrogen and oxygen atoms in total. The van der Waals surface area contributed by atoms with E-state index in [0.29, 0.717) is 6.05 Å². The van der Waals surface area contributed by atoms with Gasteiger partial charge in [-0.25, -0.2) is 0 Å². The molecule has 10 heavy (non-hydrogen) atoms. The lowest BCUT2D eigenvalue weighted by molar-refractivity contribution is 1.31. The largest absolute Gasteiger partial charge is 0.265 e. The molecule has 0 N–H and O–H groups in total. The lowest BCUT2D eigenvalue weighted by Gasteiger charge is -1.96. The molecule has 0 spiro atoms. The Morgan fingerprint density at radius 1 is 1.60 bits per heavy atom. The van der Waals surface area contributed by atoms with Crippen LogP contribution in [0.25, 0.3) is 5.57 Å². The van der Waals surface area contributed by atoms with E-state index in [1.807, 2.05) is 19.1 Å². The van der Waals surface area contributed by atoms with Gasteiger partial charge in [0, 0.05) is 12.4 Å². The van der Waals surface area contributed by atoms with E-state index in [0.717, 1.165) is 11.1 Å². The van der Waals surface area contributed by atoms with E-state index in [1.54, 1.807) is 19.3 Å². The fourth-order valence-corrected chi connectivity index (χ4v) is 0.746. The van der Waals surface area contributed by atoms with Crippen molar-refractivity contribution in [3.05, 3.63) is 36.1 Å². The number of allylic oxidation sites excluding steroid dienone is 2. The standard InChI is InChI=1S/C9H11N/c1-3-8(2)9-4-6-10-7-5-9/h3-7H,1-2H3/i3D. The van der Waals surface area contributed by atoms with Crippen LogP contribution in [0.15, 0.2) is 30.6 Å². The Morgan fingerprint density at radius 2 is 2.20 bits per heavy atom. The summed E-state index contributed by atoms with van der Waals surface area (Å²) in [6, 6.07) is 4.43. The van der Waals surface area contributed by atoms with E-state index in [4.69, 9.17) is 1.37 Å². The third kappa shape index (κ3) is 1.44. The van der Waals surface area contributed by atoms with Gasteiger partial charge in [0.2, 0.25) is 0 Å². The van der Waals surface area contributed by atoms with Crippen LogP contribution >= 0.6 is 0 Å². The van der Waals surface area contributed by atoms with Crippen molar-refractivity contribution in [2.24, 2.45) is 0 Å². The maximum absolute atomic E-state index is 7.38. The summed E-state index contributed by atoms with van der Waals surface area (Å²) in [4.78, 5) is 3.90. The fraction of sp³-hybridized carbons (Fsp3) is 0.222. The van der Waals surface area contributed by atoms with Gasteiger partial charge >= 0.3 is 0 Å². The third-order valence-electron chi connectivity index (χ3n) is 1.49. The third-order valence-corrected chi connectivity index (χ3v) is 1.49. The van der Waals surface area contributed by atoms with Gasteiger partial charge < -0.3 is 0 Å². The number of hydrogen-bond acceptors (Lipinski definition) is 1. The minimum atomic E-state index is 0.608. The number of pyridine rings is 1. The van der Waals surface area contributed by atoms with Crippen LogP contribution in [-0.4, -0.2) is 4.98 Å². The summed E-state index contributed by atoms with van der Waals surface area (Å²) in [6.45, 7) is 3.73. The van der Waals surface area contributed by atoms with Gasteiger partial charge in [0.15, 0.2) is 0 Å². The van der Waals surface area contributed by atoms with E-state index in [1.165, 1.54) is 0 Å². The van der Waals surface area contributed by atoms with Crippen LogP contribution in [0, 0.1) is 0 Å². The molecule has 0 bridgehead atoms. The molecular formula is C9H11N. The Hall–Kier alpha value is -1.11.